The molecule has 1 unspecified atom stereocenters. The Labute approximate surface area is 134 Å². The number of amides is 2. The second-order valence-electron chi connectivity index (χ2n) is 6.08. The lowest BCUT2D eigenvalue weighted by atomic mass is 9.92. The first-order valence-corrected chi connectivity index (χ1v) is 7.33. The fourth-order valence-electron chi connectivity index (χ4n) is 2.67. The van der Waals surface area contributed by atoms with E-state index in [1.165, 1.54) is 4.90 Å². The average Bonchev–Trinajstić information content (AvgIpc) is 2.45. The van der Waals surface area contributed by atoms with E-state index in [2.05, 4.69) is 5.32 Å². The van der Waals surface area contributed by atoms with E-state index in [1.54, 1.807) is 44.2 Å². The first-order valence-electron chi connectivity index (χ1n) is 7.33. The molecule has 0 saturated heterocycles. The molecule has 1 aliphatic heterocycles. The number of carboxylic acid groups (broad SMARTS) is 1. The van der Waals surface area contributed by atoms with Gasteiger partial charge in [-0.2, -0.15) is 0 Å². The molecule has 7 nitrogen and oxygen atoms in total. The van der Waals surface area contributed by atoms with E-state index >= 15 is 0 Å². The quantitative estimate of drug-likeness (QED) is 0.776. The molecule has 2 amide bonds. The largest absolute Gasteiger partial charge is 0.481 e. The monoisotopic (exact) mass is 319 g/mol. The summed E-state index contributed by atoms with van der Waals surface area (Å²) in [5, 5.41) is 11.8. The van der Waals surface area contributed by atoms with E-state index < -0.39 is 11.9 Å². The number of rotatable bonds is 6. The van der Waals surface area contributed by atoms with E-state index in [4.69, 9.17) is 5.11 Å². The van der Waals surface area contributed by atoms with Crippen LogP contribution < -0.4 is 5.32 Å². The molecule has 1 aromatic carbocycles. The number of ketones is 1. The number of hydrogen-bond donors (Lipinski definition) is 2. The third-order valence-corrected chi connectivity index (χ3v) is 3.76. The number of nitrogens with zero attached hydrogens (tertiary/aromatic N) is 2. The van der Waals surface area contributed by atoms with Crippen molar-refractivity contribution in [3.63, 3.8) is 0 Å². The zero-order valence-corrected chi connectivity index (χ0v) is 13.5. The second-order valence-corrected chi connectivity index (χ2v) is 6.08. The lowest BCUT2D eigenvalue weighted by Crippen LogP contribution is -2.35. The van der Waals surface area contributed by atoms with E-state index in [0.29, 0.717) is 24.3 Å². The Morgan fingerprint density at radius 3 is 2.70 bits per heavy atom. The molecule has 1 heterocycles. The van der Waals surface area contributed by atoms with Gasteiger partial charge in [0.05, 0.1) is 6.42 Å². The summed E-state index contributed by atoms with van der Waals surface area (Å²) < 4.78 is 0. The molecule has 2 N–H and O–H groups in total. The van der Waals surface area contributed by atoms with Crippen molar-refractivity contribution < 1.29 is 19.5 Å². The number of nitrogens with one attached hydrogen (secondary N) is 1. The molecule has 1 atom stereocenters. The molecule has 1 aliphatic rings. The summed E-state index contributed by atoms with van der Waals surface area (Å²) in [7, 11) is 5.28. The van der Waals surface area contributed by atoms with Crippen LogP contribution in [-0.2, 0) is 11.3 Å². The van der Waals surface area contributed by atoms with Crippen molar-refractivity contribution in [2.24, 2.45) is 5.92 Å². The van der Waals surface area contributed by atoms with Crippen LogP contribution in [0.1, 0.15) is 22.3 Å². The second kappa shape index (κ2) is 6.78. The summed E-state index contributed by atoms with van der Waals surface area (Å²) in [5.74, 6) is -1.78. The van der Waals surface area contributed by atoms with Gasteiger partial charge >= 0.3 is 12.0 Å². The third-order valence-electron chi connectivity index (χ3n) is 3.76. The first kappa shape index (κ1) is 17.0. The van der Waals surface area contributed by atoms with Crippen molar-refractivity contribution in [1.29, 1.82) is 0 Å². The number of fused-ring (bicyclic) bond motifs is 1. The fourth-order valence-corrected chi connectivity index (χ4v) is 2.67. The van der Waals surface area contributed by atoms with E-state index in [1.807, 2.05) is 0 Å². The maximum Gasteiger partial charge on any atom is 0.321 e. The Hall–Kier alpha value is -2.41. The molecule has 2 rings (SSSR count). The third kappa shape index (κ3) is 4.07. The van der Waals surface area contributed by atoms with Gasteiger partial charge in [-0.15, -0.1) is 0 Å². The normalized spacial score (nSPS) is 15.1. The molecule has 0 aromatic heterocycles. The molecule has 1 aromatic rings. The molecule has 0 bridgehead atoms. The van der Waals surface area contributed by atoms with Crippen molar-refractivity contribution in [3.05, 3.63) is 29.3 Å². The highest BCUT2D eigenvalue weighted by Gasteiger charge is 2.26. The van der Waals surface area contributed by atoms with Gasteiger partial charge in [-0.3, -0.25) is 9.59 Å². The van der Waals surface area contributed by atoms with Crippen LogP contribution in [0.4, 0.5) is 10.5 Å². The fraction of sp³-hybridized carbons (Fsp3) is 0.438. The van der Waals surface area contributed by atoms with Crippen molar-refractivity contribution in [3.8, 4) is 0 Å². The maximum absolute atomic E-state index is 12.7. The lowest BCUT2D eigenvalue weighted by Gasteiger charge is -2.26. The number of urea groups is 1. The van der Waals surface area contributed by atoms with Crippen LogP contribution >= 0.6 is 0 Å². The van der Waals surface area contributed by atoms with Crippen LogP contribution in [0.3, 0.4) is 0 Å². The van der Waals surface area contributed by atoms with Gasteiger partial charge in [0.25, 0.3) is 0 Å². The smallest absolute Gasteiger partial charge is 0.321 e. The summed E-state index contributed by atoms with van der Waals surface area (Å²) in [6.45, 7) is 0.790. The van der Waals surface area contributed by atoms with Crippen LogP contribution in [-0.4, -0.2) is 60.4 Å². The van der Waals surface area contributed by atoms with Crippen LogP contribution in [0, 0.1) is 5.92 Å². The highest BCUT2D eigenvalue weighted by atomic mass is 16.4. The Balaban J connectivity index is 2.26. The Bertz CT molecular complexity index is 642. The molecular formula is C16H21N3O4. The van der Waals surface area contributed by atoms with Gasteiger partial charge in [-0.05, 0) is 37.9 Å². The summed E-state index contributed by atoms with van der Waals surface area (Å²) in [5.41, 5.74) is 2.00. The highest BCUT2D eigenvalue weighted by Crippen LogP contribution is 2.25. The molecular weight excluding hydrogens is 298 g/mol. The zero-order valence-electron chi connectivity index (χ0n) is 13.5. The number of anilines is 1. The summed E-state index contributed by atoms with van der Waals surface area (Å²) in [6, 6.07) is 4.88. The summed E-state index contributed by atoms with van der Waals surface area (Å²) in [4.78, 5) is 38.6. The van der Waals surface area contributed by atoms with Gasteiger partial charge < -0.3 is 20.2 Å². The molecule has 23 heavy (non-hydrogen) atoms. The van der Waals surface area contributed by atoms with Gasteiger partial charge in [0.15, 0.2) is 5.78 Å². The SMILES string of the molecule is CN(C)CC(CC(=O)O)C(=O)c1ccc2c(c1)CN(C)C(=O)N2. The van der Waals surface area contributed by atoms with Crippen molar-refractivity contribution in [1.82, 2.24) is 9.80 Å². The first-order chi connectivity index (χ1) is 10.8. The number of carbonyl (C=O) groups is 3. The molecule has 0 aliphatic carbocycles. The summed E-state index contributed by atoms with van der Waals surface area (Å²) >= 11 is 0. The minimum absolute atomic E-state index is 0.187. The lowest BCUT2D eigenvalue weighted by molar-refractivity contribution is -0.137. The van der Waals surface area contributed by atoms with E-state index in [0.717, 1.165) is 5.56 Å². The minimum Gasteiger partial charge on any atom is -0.481 e. The topological polar surface area (TPSA) is 90.0 Å². The average molecular weight is 319 g/mol. The van der Waals surface area contributed by atoms with Crippen LogP contribution in [0.5, 0.6) is 0 Å². The number of Topliss-reactive ketones (excluding diaryl/α,β-unsaturated/α-hetero) is 1. The van der Waals surface area contributed by atoms with Crippen LogP contribution in [0.15, 0.2) is 18.2 Å². The predicted octanol–water partition coefficient (Wildman–Crippen LogP) is 1.50. The standard InChI is InChI=1S/C16H21N3O4/c1-18(2)8-12(7-14(20)21)15(22)10-4-5-13-11(6-10)9-19(3)16(23)17-13/h4-6,12H,7-9H2,1-3H3,(H,17,23)(H,20,21). The number of hydrogen-bond acceptors (Lipinski definition) is 4. The van der Waals surface area contributed by atoms with Crippen LogP contribution in [0.2, 0.25) is 0 Å². The number of benzene rings is 1. The number of carboxylic acids is 1. The molecule has 7 heteroatoms. The highest BCUT2D eigenvalue weighted by molar-refractivity contribution is 6.01. The molecule has 124 valence electrons. The Kier molecular flexibility index (Phi) is 5.00. The van der Waals surface area contributed by atoms with Gasteiger partial charge in [0.2, 0.25) is 0 Å². The minimum atomic E-state index is -0.991. The van der Waals surface area contributed by atoms with E-state index in [9.17, 15) is 14.4 Å². The number of aliphatic carboxylic acids is 1. The van der Waals surface area contributed by atoms with Crippen LogP contribution in [0.25, 0.3) is 0 Å². The van der Waals surface area contributed by atoms with Crippen molar-refractivity contribution in [2.45, 2.75) is 13.0 Å². The van der Waals surface area contributed by atoms with Crippen molar-refractivity contribution >= 4 is 23.5 Å². The van der Waals surface area contributed by atoms with Gasteiger partial charge in [-0.25, -0.2) is 4.79 Å². The number of carbonyl (C=O) groups excluding carboxylic acids is 2. The molecule has 0 spiro atoms. The Morgan fingerprint density at radius 2 is 2.09 bits per heavy atom. The molecule has 0 fully saturated rings. The van der Waals surface area contributed by atoms with E-state index in [-0.39, 0.29) is 18.2 Å². The van der Waals surface area contributed by atoms with Crippen molar-refractivity contribution in [2.75, 3.05) is 33.0 Å². The zero-order chi connectivity index (χ0) is 17.1. The Morgan fingerprint density at radius 1 is 1.39 bits per heavy atom. The maximum atomic E-state index is 12.7. The summed E-state index contributed by atoms with van der Waals surface area (Å²) in [6.07, 6.45) is -0.204. The molecule has 0 saturated carbocycles. The predicted molar refractivity (Wildman–Crippen MR) is 85.6 cm³/mol. The van der Waals surface area contributed by atoms with Gasteiger partial charge in [-0.1, -0.05) is 0 Å². The van der Waals surface area contributed by atoms with Gasteiger partial charge in [0.1, 0.15) is 0 Å². The molecule has 0 radical (unpaired) electrons. The van der Waals surface area contributed by atoms with Gasteiger partial charge in [0, 0.05) is 37.3 Å².